The van der Waals surface area contributed by atoms with Crippen molar-refractivity contribution in [2.75, 3.05) is 19.5 Å². The first-order chi connectivity index (χ1) is 12.8. The van der Waals surface area contributed by atoms with Crippen molar-refractivity contribution in [3.05, 3.63) is 11.5 Å². The standard InChI is InChI=1S/C15H18ClN5O6/c1-6(22)25-4-8-10(26-7(2)23)11(24-3)14(27-8)21-5-18-9-12(16)19-15(17)20-13(9)21/h5,8,10-11,14H,4H2,1-3H3,(H2,17,19,20)/t8-,10?,11+,14-/m1/s1. The molecular weight excluding hydrogens is 382 g/mol. The molecule has 1 unspecified atom stereocenters. The molecule has 0 radical (unpaired) electrons. The van der Waals surface area contributed by atoms with Gasteiger partial charge in [0.1, 0.15) is 24.3 Å². The molecule has 0 aliphatic carbocycles. The zero-order chi connectivity index (χ0) is 19.7. The number of nitrogen functional groups attached to an aromatic ring is 1. The molecule has 0 amide bonds. The molecule has 1 saturated heterocycles. The van der Waals surface area contributed by atoms with Crippen LogP contribution in [0.1, 0.15) is 20.1 Å². The third kappa shape index (κ3) is 3.80. The first-order valence-corrected chi connectivity index (χ1v) is 8.34. The summed E-state index contributed by atoms with van der Waals surface area (Å²) < 4.78 is 23.4. The number of rotatable bonds is 5. The number of hydrogen-bond acceptors (Lipinski definition) is 10. The number of hydrogen-bond donors (Lipinski definition) is 1. The topological polar surface area (TPSA) is 141 Å². The highest BCUT2D eigenvalue weighted by Crippen LogP contribution is 2.36. The Morgan fingerprint density at radius 2 is 2.04 bits per heavy atom. The molecule has 3 heterocycles. The lowest BCUT2D eigenvalue weighted by Gasteiger charge is -2.22. The molecule has 0 saturated carbocycles. The third-order valence-electron chi connectivity index (χ3n) is 3.98. The van der Waals surface area contributed by atoms with Gasteiger partial charge < -0.3 is 24.7 Å². The van der Waals surface area contributed by atoms with Crippen molar-refractivity contribution < 1.29 is 28.5 Å². The van der Waals surface area contributed by atoms with Crippen LogP contribution in [0.3, 0.4) is 0 Å². The Balaban J connectivity index is 1.99. The quantitative estimate of drug-likeness (QED) is 0.556. The number of imidazole rings is 1. The van der Waals surface area contributed by atoms with Crippen LogP contribution in [0, 0.1) is 0 Å². The van der Waals surface area contributed by atoms with E-state index in [1.807, 2.05) is 0 Å². The van der Waals surface area contributed by atoms with Crippen LogP contribution in [0.4, 0.5) is 5.95 Å². The van der Waals surface area contributed by atoms with Gasteiger partial charge in [-0.25, -0.2) is 4.98 Å². The SMILES string of the molecule is CO[C@H]1C(OC(C)=O)[C@@H](COC(C)=O)O[C@H]1n1cnc2c(Cl)nc(N)nc21. The molecule has 0 spiro atoms. The van der Waals surface area contributed by atoms with Gasteiger partial charge in [0, 0.05) is 21.0 Å². The summed E-state index contributed by atoms with van der Waals surface area (Å²) in [5.41, 5.74) is 6.33. The van der Waals surface area contributed by atoms with Gasteiger partial charge in [0.2, 0.25) is 5.95 Å². The summed E-state index contributed by atoms with van der Waals surface area (Å²) in [5.74, 6) is -1.04. The monoisotopic (exact) mass is 399 g/mol. The molecule has 11 nitrogen and oxygen atoms in total. The van der Waals surface area contributed by atoms with Gasteiger partial charge in [0.25, 0.3) is 0 Å². The molecule has 1 aliphatic heterocycles. The summed E-state index contributed by atoms with van der Waals surface area (Å²) >= 11 is 6.06. The molecule has 2 aromatic heterocycles. The summed E-state index contributed by atoms with van der Waals surface area (Å²) in [4.78, 5) is 34.9. The Kier molecular flexibility index (Phi) is 5.44. The van der Waals surface area contributed by atoms with Crippen LogP contribution < -0.4 is 5.73 Å². The van der Waals surface area contributed by atoms with Gasteiger partial charge in [-0.2, -0.15) is 9.97 Å². The number of aromatic nitrogens is 4. The smallest absolute Gasteiger partial charge is 0.303 e. The van der Waals surface area contributed by atoms with Gasteiger partial charge in [-0.3, -0.25) is 14.2 Å². The average molecular weight is 400 g/mol. The van der Waals surface area contributed by atoms with E-state index in [1.54, 1.807) is 4.57 Å². The van der Waals surface area contributed by atoms with Crippen LogP contribution in [-0.2, 0) is 28.5 Å². The van der Waals surface area contributed by atoms with Crippen molar-refractivity contribution in [1.82, 2.24) is 19.5 Å². The highest BCUT2D eigenvalue weighted by atomic mass is 35.5. The number of esters is 2. The first-order valence-electron chi connectivity index (χ1n) is 7.96. The summed E-state index contributed by atoms with van der Waals surface area (Å²) in [6, 6.07) is 0. The van der Waals surface area contributed by atoms with Crippen LogP contribution in [0.15, 0.2) is 6.33 Å². The summed E-state index contributed by atoms with van der Waals surface area (Å²) in [6.07, 6.45) is -1.62. The number of methoxy groups -OCH3 is 1. The fourth-order valence-corrected chi connectivity index (χ4v) is 3.15. The number of halogens is 1. The largest absolute Gasteiger partial charge is 0.463 e. The number of carbonyl (C=O) groups is 2. The second-order valence-electron chi connectivity index (χ2n) is 5.84. The highest BCUT2D eigenvalue weighted by molar-refractivity contribution is 6.33. The second kappa shape index (κ2) is 7.62. The van der Waals surface area contributed by atoms with E-state index in [-0.39, 0.29) is 17.7 Å². The molecular formula is C15H18ClN5O6. The molecule has 0 bridgehead atoms. The fraction of sp³-hybridized carbons (Fsp3) is 0.533. The molecule has 12 heteroatoms. The van der Waals surface area contributed by atoms with Gasteiger partial charge in [0.15, 0.2) is 23.1 Å². The Morgan fingerprint density at radius 1 is 1.30 bits per heavy atom. The Hall–Kier alpha value is -2.50. The number of carbonyl (C=O) groups excluding carboxylic acids is 2. The van der Waals surface area contributed by atoms with Gasteiger partial charge >= 0.3 is 11.9 Å². The minimum atomic E-state index is -0.816. The Morgan fingerprint density at radius 3 is 2.67 bits per heavy atom. The minimum Gasteiger partial charge on any atom is -0.463 e. The molecule has 1 aliphatic rings. The summed E-state index contributed by atoms with van der Waals surface area (Å²) in [6.45, 7) is 2.42. The van der Waals surface area contributed by atoms with Crippen molar-refractivity contribution in [1.29, 1.82) is 0 Å². The van der Waals surface area contributed by atoms with Gasteiger partial charge in [-0.15, -0.1) is 0 Å². The predicted molar refractivity (Wildman–Crippen MR) is 91.6 cm³/mol. The number of nitrogens with zero attached hydrogens (tertiary/aromatic N) is 4. The predicted octanol–water partition coefficient (Wildman–Crippen LogP) is 0.469. The number of ether oxygens (including phenoxy) is 4. The van der Waals surface area contributed by atoms with E-state index in [1.165, 1.54) is 27.3 Å². The summed E-state index contributed by atoms with van der Waals surface area (Å²) in [5, 5.41) is 0.0937. The van der Waals surface area contributed by atoms with Crippen LogP contribution in [-0.4, -0.2) is 63.5 Å². The number of anilines is 1. The lowest BCUT2D eigenvalue weighted by Crippen LogP contribution is -2.39. The van der Waals surface area contributed by atoms with E-state index < -0.39 is 36.5 Å². The van der Waals surface area contributed by atoms with Crippen LogP contribution in [0.5, 0.6) is 0 Å². The van der Waals surface area contributed by atoms with Crippen LogP contribution in [0.25, 0.3) is 11.2 Å². The van der Waals surface area contributed by atoms with Gasteiger partial charge in [-0.1, -0.05) is 11.6 Å². The lowest BCUT2D eigenvalue weighted by molar-refractivity contribution is -0.157. The Labute approximate surface area is 158 Å². The number of nitrogens with two attached hydrogens (primary N) is 1. The average Bonchev–Trinajstić information content (AvgIpc) is 3.13. The molecule has 27 heavy (non-hydrogen) atoms. The zero-order valence-corrected chi connectivity index (χ0v) is 15.5. The van der Waals surface area contributed by atoms with Gasteiger partial charge in [-0.05, 0) is 0 Å². The molecule has 2 N–H and O–H groups in total. The van der Waals surface area contributed by atoms with E-state index in [4.69, 9.17) is 36.3 Å². The number of fused-ring (bicyclic) bond motifs is 1. The van der Waals surface area contributed by atoms with E-state index >= 15 is 0 Å². The summed E-state index contributed by atoms with van der Waals surface area (Å²) in [7, 11) is 1.45. The molecule has 2 aromatic rings. The highest BCUT2D eigenvalue weighted by Gasteiger charge is 2.49. The van der Waals surface area contributed by atoms with Crippen molar-refractivity contribution in [3.63, 3.8) is 0 Å². The van der Waals surface area contributed by atoms with Crippen LogP contribution >= 0.6 is 11.6 Å². The maximum Gasteiger partial charge on any atom is 0.303 e. The second-order valence-corrected chi connectivity index (χ2v) is 6.20. The molecule has 3 rings (SSSR count). The third-order valence-corrected chi connectivity index (χ3v) is 4.24. The van der Waals surface area contributed by atoms with E-state index in [0.717, 1.165) is 0 Å². The van der Waals surface area contributed by atoms with Crippen molar-refractivity contribution in [3.8, 4) is 0 Å². The normalized spacial score (nSPS) is 24.9. The van der Waals surface area contributed by atoms with E-state index in [2.05, 4.69) is 15.0 Å². The molecule has 146 valence electrons. The van der Waals surface area contributed by atoms with E-state index in [9.17, 15) is 9.59 Å². The molecule has 4 atom stereocenters. The van der Waals surface area contributed by atoms with Crippen LogP contribution in [0.2, 0.25) is 5.15 Å². The fourth-order valence-electron chi connectivity index (χ4n) is 2.93. The van der Waals surface area contributed by atoms with Crippen molar-refractivity contribution in [2.45, 2.75) is 38.4 Å². The zero-order valence-electron chi connectivity index (χ0n) is 14.8. The maximum absolute atomic E-state index is 11.5. The first kappa shape index (κ1) is 19.3. The van der Waals surface area contributed by atoms with E-state index in [0.29, 0.717) is 11.2 Å². The van der Waals surface area contributed by atoms with Gasteiger partial charge in [0.05, 0.1) is 6.33 Å². The van der Waals surface area contributed by atoms with Crippen molar-refractivity contribution in [2.24, 2.45) is 0 Å². The molecule has 1 fully saturated rings. The van der Waals surface area contributed by atoms with Crippen molar-refractivity contribution >= 4 is 40.7 Å². The maximum atomic E-state index is 11.5. The minimum absolute atomic E-state index is 0.0331. The lowest BCUT2D eigenvalue weighted by atomic mass is 10.1. The molecule has 0 aromatic carbocycles. The Bertz CT molecular complexity index is 874.